The van der Waals surface area contributed by atoms with Gasteiger partial charge in [0, 0.05) is 12.7 Å². The first-order valence-corrected chi connectivity index (χ1v) is 6.47. The summed E-state index contributed by atoms with van der Waals surface area (Å²) in [7, 11) is 0. The molecule has 0 saturated carbocycles. The zero-order valence-corrected chi connectivity index (χ0v) is 12.0. The number of amidine groups is 2. The van der Waals surface area contributed by atoms with Crippen LogP contribution >= 0.6 is 0 Å². The normalized spacial score (nSPS) is 16.0. The van der Waals surface area contributed by atoms with Crippen LogP contribution in [0.15, 0.2) is 51.4 Å². The van der Waals surface area contributed by atoms with Crippen LogP contribution in [-0.2, 0) is 0 Å². The van der Waals surface area contributed by atoms with E-state index in [2.05, 4.69) is 21.6 Å². The van der Waals surface area contributed by atoms with Crippen LogP contribution in [0.25, 0.3) is 0 Å². The SMILES string of the molecule is C=C(C/C=C\N=C(CN)CF)C(=N)C1=NC=C(F)CC(N)=N1. The number of allylic oxidation sites excluding steroid dienone is 1. The lowest BCUT2D eigenvalue weighted by molar-refractivity contribution is 0.578. The summed E-state index contributed by atoms with van der Waals surface area (Å²) < 4.78 is 25.5. The third-order valence-electron chi connectivity index (χ3n) is 2.62. The number of rotatable bonds is 7. The minimum Gasteiger partial charge on any atom is -0.387 e. The molecular formula is C14H18F2N6. The van der Waals surface area contributed by atoms with E-state index >= 15 is 0 Å². The molecule has 1 rings (SSSR count). The van der Waals surface area contributed by atoms with Gasteiger partial charge in [-0.05, 0) is 12.0 Å². The van der Waals surface area contributed by atoms with E-state index in [9.17, 15) is 8.78 Å². The van der Waals surface area contributed by atoms with Gasteiger partial charge in [-0.2, -0.15) is 0 Å². The van der Waals surface area contributed by atoms with E-state index in [1.807, 2.05) is 0 Å². The fourth-order valence-corrected chi connectivity index (χ4v) is 1.43. The Morgan fingerprint density at radius 1 is 1.55 bits per heavy atom. The van der Waals surface area contributed by atoms with Crippen LogP contribution in [0.1, 0.15) is 12.8 Å². The topological polar surface area (TPSA) is 113 Å². The predicted octanol–water partition coefficient (Wildman–Crippen LogP) is 1.81. The minimum absolute atomic E-state index is 0.00143. The van der Waals surface area contributed by atoms with Gasteiger partial charge in [0.2, 0.25) is 0 Å². The summed E-state index contributed by atoms with van der Waals surface area (Å²) >= 11 is 0. The third-order valence-corrected chi connectivity index (χ3v) is 2.62. The van der Waals surface area contributed by atoms with Gasteiger partial charge >= 0.3 is 0 Å². The Morgan fingerprint density at radius 3 is 2.91 bits per heavy atom. The van der Waals surface area contributed by atoms with Crippen molar-refractivity contribution in [2.24, 2.45) is 26.4 Å². The minimum atomic E-state index is -0.708. The predicted molar refractivity (Wildman–Crippen MR) is 86.0 cm³/mol. The zero-order valence-electron chi connectivity index (χ0n) is 12.0. The van der Waals surface area contributed by atoms with Crippen LogP contribution in [0.4, 0.5) is 8.78 Å². The molecule has 0 aromatic rings. The van der Waals surface area contributed by atoms with E-state index < -0.39 is 12.5 Å². The fourth-order valence-electron chi connectivity index (χ4n) is 1.43. The van der Waals surface area contributed by atoms with Gasteiger partial charge in [-0.3, -0.25) is 10.4 Å². The second-order valence-electron chi connectivity index (χ2n) is 4.41. The van der Waals surface area contributed by atoms with Crippen molar-refractivity contribution in [1.82, 2.24) is 0 Å². The molecule has 0 amide bonds. The van der Waals surface area contributed by atoms with Crippen molar-refractivity contribution in [2.75, 3.05) is 13.2 Å². The summed E-state index contributed by atoms with van der Waals surface area (Å²) in [5.41, 5.74) is 11.4. The molecule has 5 N–H and O–H groups in total. The Hall–Kier alpha value is -2.48. The molecule has 0 unspecified atom stereocenters. The molecule has 0 fully saturated rings. The summed E-state index contributed by atoms with van der Waals surface area (Å²) in [4.78, 5) is 11.5. The standard InChI is InChI=1S/C14H18F2N6/c1-9(3-2-4-20-11(6-15)7-17)13(19)14-21-8-10(16)5-12(18)22-14/h2,4,8,19H,1,3,5-7,17H2,(H2,18,21,22)/b4-2-,19-13?,20-11?. The van der Waals surface area contributed by atoms with Gasteiger partial charge in [0.25, 0.3) is 0 Å². The molecule has 0 aliphatic carbocycles. The lowest BCUT2D eigenvalue weighted by Crippen LogP contribution is -2.18. The van der Waals surface area contributed by atoms with E-state index in [1.54, 1.807) is 6.08 Å². The first kappa shape index (κ1) is 17.6. The number of aliphatic imine (C=N–C) groups is 3. The second-order valence-corrected chi connectivity index (χ2v) is 4.41. The molecule has 8 heteroatoms. The highest BCUT2D eigenvalue weighted by molar-refractivity contribution is 6.47. The van der Waals surface area contributed by atoms with Gasteiger partial charge < -0.3 is 11.5 Å². The van der Waals surface area contributed by atoms with E-state index in [-0.39, 0.29) is 42.5 Å². The van der Waals surface area contributed by atoms with Gasteiger partial charge in [0.1, 0.15) is 24.0 Å². The lowest BCUT2D eigenvalue weighted by atomic mass is 10.1. The average molecular weight is 308 g/mol. The fraction of sp³-hybridized carbons (Fsp3) is 0.286. The average Bonchev–Trinajstić information content (AvgIpc) is 2.67. The van der Waals surface area contributed by atoms with E-state index in [1.165, 1.54) is 6.20 Å². The number of alkyl halides is 1. The molecule has 0 saturated heterocycles. The van der Waals surface area contributed by atoms with Crippen LogP contribution < -0.4 is 11.5 Å². The Kier molecular flexibility index (Phi) is 6.97. The number of hydrogen-bond donors (Lipinski definition) is 3. The Labute approximate surface area is 127 Å². The molecular weight excluding hydrogens is 290 g/mol. The summed E-state index contributed by atoms with van der Waals surface area (Å²) in [6, 6.07) is 0. The van der Waals surface area contributed by atoms with Crippen molar-refractivity contribution in [3.63, 3.8) is 0 Å². The maximum Gasteiger partial charge on any atom is 0.179 e. The van der Waals surface area contributed by atoms with Crippen molar-refractivity contribution in [3.05, 3.63) is 36.5 Å². The smallest absolute Gasteiger partial charge is 0.179 e. The van der Waals surface area contributed by atoms with Crippen LogP contribution in [0, 0.1) is 5.41 Å². The van der Waals surface area contributed by atoms with Crippen molar-refractivity contribution >= 4 is 23.1 Å². The maximum absolute atomic E-state index is 13.2. The van der Waals surface area contributed by atoms with Gasteiger partial charge in [-0.15, -0.1) is 0 Å². The highest BCUT2D eigenvalue weighted by Gasteiger charge is 2.13. The Balaban J connectivity index is 2.70. The number of hydrogen-bond acceptors (Lipinski definition) is 6. The molecule has 0 aromatic carbocycles. The molecule has 1 heterocycles. The maximum atomic E-state index is 13.2. The van der Waals surface area contributed by atoms with E-state index in [4.69, 9.17) is 16.9 Å². The highest BCUT2D eigenvalue weighted by Crippen LogP contribution is 2.11. The number of nitrogens with two attached hydrogens (primary N) is 2. The monoisotopic (exact) mass is 308 g/mol. The number of nitrogens with one attached hydrogen (secondary N) is 1. The molecule has 6 nitrogen and oxygen atoms in total. The largest absolute Gasteiger partial charge is 0.387 e. The van der Waals surface area contributed by atoms with E-state index in [0.717, 1.165) is 6.20 Å². The van der Waals surface area contributed by atoms with Crippen LogP contribution in [0.5, 0.6) is 0 Å². The van der Waals surface area contributed by atoms with Gasteiger partial charge in [-0.25, -0.2) is 18.8 Å². The molecule has 0 aromatic heterocycles. The molecule has 1 aliphatic rings. The first-order valence-electron chi connectivity index (χ1n) is 6.47. The number of halogens is 2. The molecule has 0 atom stereocenters. The summed E-state index contributed by atoms with van der Waals surface area (Å²) in [5, 5.41) is 7.94. The van der Waals surface area contributed by atoms with Crippen LogP contribution in [0.3, 0.4) is 0 Å². The summed E-state index contributed by atoms with van der Waals surface area (Å²) in [6.45, 7) is 3.07. The Morgan fingerprint density at radius 2 is 2.27 bits per heavy atom. The van der Waals surface area contributed by atoms with Gasteiger partial charge in [0.05, 0.1) is 18.3 Å². The molecule has 1 aliphatic heterocycles. The van der Waals surface area contributed by atoms with Crippen molar-refractivity contribution in [2.45, 2.75) is 12.8 Å². The summed E-state index contributed by atoms with van der Waals surface area (Å²) in [6.07, 6.45) is 4.13. The second kappa shape index (κ2) is 8.73. The summed E-state index contributed by atoms with van der Waals surface area (Å²) in [5.74, 6) is -0.485. The quantitative estimate of drug-likeness (QED) is 0.623. The molecule has 0 radical (unpaired) electrons. The lowest BCUT2D eigenvalue weighted by Gasteiger charge is -2.04. The zero-order chi connectivity index (χ0) is 16.5. The van der Waals surface area contributed by atoms with Crippen LogP contribution in [-0.4, -0.2) is 36.3 Å². The van der Waals surface area contributed by atoms with Gasteiger partial charge in [-0.1, -0.05) is 12.7 Å². The molecule has 118 valence electrons. The van der Waals surface area contributed by atoms with Crippen molar-refractivity contribution in [1.29, 1.82) is 5.41 Å². The van der Waals surface area contributed by atoms with Crippen LogP contribution in [0.2, 0.25) is 0 Å². The van der Waals surface area contributed by atoms with E-state index in [0.29, 0.717) is 5.57 Å². The number of nitrogens with zero attached hydrogens (tertiary/aromatic N) is 3. The highest BCUT2D eigenvalue weighted by atomic mass is 19.1. The van der Waals surface area contributed by atoms with Crippen molar-refractivity contribution in [3.8, 4) is 0 Å². The molecule has 22 heavy (non-hydrogen) atoms. The van der Waals surface area contributed by atoms with Gasteiger partial charge in [0.15, 0.2) is 5.84 Å². The van der Waals surface area contributed by atoms with Crippen molar-refractivity contribution < 1.29 is 8.78 Å². The molecule has 0 bridgehead atoms. The molecule has 0 spiro atoms. The third kappa shape index (κ3) is 5.49. The Bertz CT molecular complexity index is 592. The first-order chi connectivity index (χ1) is 10.5.